The maximum absolute atomic E-state index is 5.21. The Balaban J connectivity index is -0.000000727. The summed E-state index contributed by atoms with van der Waals surface area (Å²) in [6.07, 6.45) is 15.5. The molecule has 0 aromatic heterocycles. The van der Waals surface area contributed by atoms with Crippen LogP contribution in [0.5, 0.6) is 0 Å². The van der Waals surface area contributed by atoms with Crippen molar-refractivity contribution in [3.05, 3.63) is 0 Å². The molecular formula is C60H135N9OS. The van der Waals surface area contributed by atoms with Gasteiger partial charge < -0.3 is 35.8 Å². The fraction of sp³-hybridized carbons (Fsp3) is 1.00. The van der Waals surface area contributed by atoms with Crippen LogP contribution in [0, 0.1) is 17.8 Å². The Morgan fingerprint density at radius 2 is 0.493 bits per heavy atom. The quantitative estimate of drug-likeness (QED) is 0.213. The average Bonchev–Trinajstić information content (AvgIpc) is 4.11. The van der Waals surface area contributed by atoms with Crippen LogP contribution in [0.15, 0.2) is 0 Å². The lowest BCUT2D eigenvalue weighted by Gasteiger charge is -2.30. The second kappa shape index (κ2) is 54.7. The Morgan fingerprint density at radius 3 is 0.704 bits per heavy atom. The molecule has 10 nitrogen and oxygen atoms in total. The van der Waals surface area contributed by atoms with Crippen LogP contribution in [0.25, 0.3) is 0 Å². The van der Waals surface area contributed by atoms with Gasteiger partial charge in [-0.2, -0.15) is 11.8 Å². The van der Waals surface area contributed by atoms with Crippen LogP contribution in [0.2, 0.25) is 0 Å². The van der Waals surface area contributed by atoms with Crippen molar-refractivity contribution in [3.63, 3.8) is 0 Å². The molecule has 0 aromatic carbocycles. The molecular weight excluding hydrogens is 895 g/mol. The van der Waals surface area contributed by atoms with E-state index in [4.69, 9.17) is 4.74 Å². The minimum absolute atomic E-state index is 0.689. The number of ether oxygens (including phenoxy) is 1. The zero-order valence-corrected chi connectivity index (χ0v) is 52.8. The molecule has 8 aliphatic rings. The number of nitrogens with zero attached hydrogens (tertiary/aromatic N) is 5. The summed E-state index contributed by atoms with van der Waals surface area (Å²) >= 11 is 2.07. The molecule has 11 heteroatoms. The lowest BCUT2D eigenvalue weighted by atomic mass is 10.1. The Kier molecular flexibility index (Phi) is 58.0. The van der Waals surface area contributed by atoms with Crippen LogP contribution in [0.3, 0.4) is 0 Å². The first-order valence-electron chi connectivity index (χ1n) is 30.4. The van der Waals surface area contributed by atoms with E-state index >= 15 is 0 Å². The van der Waals surface area contributed by atoms with Gasteiger partial charge in [-0.25, -0.2) is 0 Å². The fourth-order valence-electron chi connectivity index (χ4n) is 7.68. The van der Waals surface area contributed by atoms with Crippen molar-refractivity contribution in [3.8, 4) is 0 Å². The Hall–Kier alpha value is -0.0500. The third-order valence-corrected chi connectivity index (χ3v) is 13.2. The smallest absolute Gasteiger partial charge is 0.0594 e. The van der Waals surface area contributed by atoms with Gasteiger partial charge in [0.25, 0.3) is 0 Å². The summed E-state index contributed by atoms with van der Waals surface area (Å²) in [6, 6.07) is 3.72. The highest BCUT2D eigenvalue weighted by molar-refractivity contribution is 7.99. The number of rotatable bonds is 5. The molecule has 432 valence electrons. The van der Waals surface area contributed by atoms with Crippen molar-refractivity contribution in [2.45, 2.75) is 232 Å². The molecule has 71 heavy (non-hydrogen) atoms. The predicted molar refractivity (Wildman–Crippen MR) is 325 cm³/mol. The summed E-state index contributed by atoms with van der Waals surface area (Å²) in [7, 11) is 0. The van der Waals surface area contributed by atoms with E-state index in [1.807, 2.05) is 0 Å². The molecule has 0 atom stereocenters. The van der Waals surface area contributed by atoms with E-state index in [1.165, 1.54) is 174 Å². The fourth-order valence-corrected chi connectivity index (χ4v) is 8.61. The van der Waals surface area contributed by atoms with Crippen LogP contribution >= 0.6 is 11.8 Å². The van der Waals surface area contributed by atoms with Gasteiger partial charge in [0.15, 0.2) is 0 Å². The second-order valence-electron chi connectivity index (χ2n) is 24.0. The topological polar surface area (TPSA) is 73.5 Å². The third kappa shape index (κ3) is 59.1. The molecule has 8 heterocycles. The third-order valence-electron chi connectivity index (χ3n) is 12.3. The normalized spacial score (nSPS) is 20.8. The van der Waals surface area contributed by atoms with Gasteiger partial charge in [-0.15, -0.1) is 0 Å². The van der Waals surface area contributed by atoms with Crippen LogP contribution in [-0.2, 0) is 4.74 Å². The maximum Gasteiger partial charge on any atom is 0.0594 e. The van der Waals surface area contributed by atoms with Crippen molar-refractivity contribution in [1.82, 2.24) is 45.8 Å². The number of morpholine rings is 1. The summed E-state index contributed by atoms with van der Waals surface area (Å²) in [4.78, 5) is 12.6. The monoisotopic (exact) mass is 1030 g/mol. The van der Waals surface area contributed by atoms with E-state index in [2.05, 4.69) is 189 Å². The zero-order chi connectivity index (χ0) is 54.1. The van der Waals surface area contributed by atoms with E-state index in [-0.39, 0.29) is 0 Å². The molecule has 0 bridgehead atoms. The molecule has 8 saturated heterocycles. The first kappa shape index (κ1) is 75.2. The number of piperidine rings is 2. The van der Waals surface area contributed by atoms with Crippen LogP contribution in [-0.4, -0.2) is 197 Å². The van der Waals surface area contributed by atoms with Crippen molar-refractivity contribution < 1.29 is 4.74 Å². The lowest BCUT2D eigenvalue weighted by molar-refractivity contribution is 0.0238. The van der Waals surface area contributed by atoms with Gasteiger partial charge in [0, 0.05) is 94.1 Å². The average molecular weight is 1030 g/mol. The van der Waals surface area contributed by atoms with Crippen LogP contribution in [0.1, 0.15) is 202 Å². The van der Waals surface area contributed by atoms with Gasteiger partial charge in [0.2, 0.25) is 0 Å². The minimum atomic E-state index is 0.689. The second-order valence-corrected chi connectivity index (χ2v) is 25.2. The van der Waals surface area contributed by atoms with Gasteiger partial charge in [0.1, 0.15) is 0 Å². The summed E-state index contributed by atoms with van der Waals surface area (Å²) < 4.78 is 5.21. The number of thioether (sulfide) groups is 1. The highest BCUT2D eigenvalue weighted by Crippen LogP contribution is 2.12. The van der Waals surface area contributed by atoms with Gasteiger partial charge in [0.05, 0.1) is 13.2 Å². The van der Waals surface area contributed by atoms with Gasteiger partial charge in [-0.05, 0) is 210 Å². The van der Waals surface area contributed by atoms with Crippen molar-refractivity contribution >= 4 is 11.8 Å². The zero-order valence-electron chi connectivity index (χ0n) is 52.0. The van der Waals surface area contributed by atoms with E-state index in [0.29, 0.717) is 6.04 Å². The highest BCUT2D eigenvalue weighted by Gasteiger charge is 2.15. The number of nitrogens with one attached hydrogen (secondary N) is 4. The Labute approximate surface area is 453 Å². The van der Waals surface area contributed by atoms with Gasteiger partial charge >= 0.3 is 0 Å². The number of piperazine rings is 1. The molecule has 8 rings (SSSR count). The standard InChI is InChI=1S/C8H17N.C7H16N2.C7H15NO.C7H15NS.C7H15N.C5H11N.C4H9N.3C4H10.C3H7N/c1-8(2)9-6-4-3-5-7-9;1-7(2)9-5-3-8-4-6-9;2*1-7(2)8-3-5-9-6-4-8;1-7(2)8-5-3-4-6-8;1-2-4-6-5-3-1;1-2-4-5-3-1;3*1-4(2)3;1-2-4-3-1/h8H,3-7H2,1-2H3;7-8H,3-6H2,1-2H3;2*7H,3-6H2,1-2H3;7H,3-6H2,1-2H3;6H,1-5H2;5H,1-4H2;3*4H,1-3H3;4H,1-3H2. The lowest BCUT2D eigenvalue weighted by Crippen LogP contribution is -2.46. The molecule has 0 aliphatic carbocycles. The van der Waals surface area contributed by atoms with Gasteiger partial charge in [-0.3, -0.25) is 14.7 Å². The molecule has 0 unspecified atom stereocenters. The molecule has 8 fully saturated rings. The van der Waals surface area contributed by atoms with E-state index in [9.17, 15) is 0 Å². The molecule has 0 spiro atoms. The highest BCUT2D eigenvalue weighted by atomic mass is 32.2. The number of likely N-dealkylation sites (tertiary alicyclic amines) is 2. The van der Waals surface area contributed by atoms with E-state index < -0.39 is 0 Å². The number of hydrogen-bond donors (Lipinski definition) is 4. The molecule has 0 amide bonds. The van der Waals surface area contributed by atoms with Crippen molar-refractivity contribution in [1.29, 1.82) is 0 Å². The Morgan fingerprint density at radius 1 is 0.268 bits per heavy atom. The van der Waals surface area contributed by atoms with Gasteiger partial charge in [-0.1, -0.05) is 75.2 Å². The predicted octanol–water partition coefficient (Wildman–Crippen LogP) is 11.9. The molecule has 0 aromatic rings. The van der Waals surface area contributed by atoms with Crippen molar-refractivity contribution in [2.24, 2.45) is 17.8 Å². The molecule has 0 saturated carbocycles. The van der Waals surface area contributed by atoms with Crippen LogP contribution in [0.4, 0.5) is 0 Å². The van der Waals surface area contributed by atoms with E-state index in [1.54, 1.807) is 0 Å². The molecule has 8 aliphatic heterocycles. The largest absolute Gasteiger partial charge is 0.379 e. The number of hydrogen-bond acceptors (Lipinski definition) is 11. The molecule has 0 radical (unpaired) electrons. The maximum atomic E-state index is 5.21. The first-order chi connectivity index (χ1) is 33.7. The summed E-state index contributed by atoms with van der Waals surface area (Å²) in [5, 5.41) is 12.9. The SMILES string of the molecule is C1CCNC1.C1CCNCC1.C1CNC1.CC(C)C.CC(C)C.CC(C)C.CC(C)N1CCCC1.CC(C)N1CCCCC1.CC(C)N1CCNCC1.CC(C)N1CCOCC1.CC(C)N1CCSCC1. The summed E-state index contributed by atoms with van der Waals surface area (Å²) in [5.41, 5.74) is 0. The molecule has 4 N–H and O–H groups in total. The minimum Gasteiger partial charge on any atom is -0.379 e. The summed E-state index contributed by atoms with van der Waals surface area (Å²) in [6.45, 7) is 66.3. The first-order valence-corrected chi connectivity index (χ1v) is 31.6. The Bertz CT molecular complexity index is 843. The summed E-state index contributed by atoms with van der Waals surface area (Å²) in [5.74, 6) is 5.16. The van der Waals surface area contributed by atoms with Crippen LogP contribution < -0.4 is 21.3 Å². The van der Waals surface area contributed by atoms with E-state index in [0.717, 1.165) is 81.3 Å². The van der Waals surface area contributed by atoms with Crippen molar-refractivity contribution in [2.75, 3.05) is 143 Å².